The van der Waals surface area contributed by atoms with Crippen LogP contribution in [0.4, 0.5) is 0 Å². The molecule has 1 heterocycles. The van der Waals surface area contributed by atoms with Gasteiger partial charge in [-0.05, 0) is 12.1 Å². The molecule has 0 amide bonds. The number of para-hydroxylation sites is 1. The first-order valence-corrected chi connectivity index (χ1v) is 6.02. The van der Waals surface area contributed by atoms with Gasteiger partial charge in [-0.25, -0.2) is 4.98 Å². The summed E-state index contributed by atoms with van der Waals surface area (Å²) in [4.78, 5) is 4.51. The van der Waals surface area contributed by atoms with Crippen molar-refractivity contribution in [3.05, 3.63) is 29.3 Å². The number of ether oxygens (including phenoxy) is 1. The first kappa shape index (κ1) is 10.9. The maximum atomic E-state index is 6.08. The van der Waals surface area contributed by atoms with Gasteiger partial charge in [-0.2, -0.15) is 0 Å². The normalized spacial score (nSPS) is 13.2. The van der Waals surface area contributed by atoms with E-state index in [2.05, 4.69) is 11.1 Å². The number of methoxy groups -OCH3 is 1. The topological polar surface area (TPSA) is 22.1 Å². The number of halogens is 1. The molecule has 0 radical (unpaired) electrons. The molecule has 1 aromatic carbocycles. The maximum absolute atomic E-state index is 6.08. The van der Waals surface area contributed by atoms with Gasteiger partial charge in [-0.3, -0.25) is 0 Å². The van der Waals surface area contributed by atoms with Gasteiger partial charge in [0.15, 0.2) is 0 Å². The monoisotopic (exact) mass is 241 g/mol. The summed E-state index contributed by atoms with van der Waals surface area (Å²) in [7, 11) is 1.66. The van der Waals surface area contributed by atoms with E-state index in [-0.39, 0.29) is 5.38 Å². The lowest BCUT2D eigenvalue weighted by Gasteiger charge is -2.04. The smallest absolute Gasteiger partial charge is 0.0954 e. The number of alkyl halides is 1. The highest BCUT2D eigenvalue weighted by molar-refractivity contribution is 7.18. The van der Waals surface area contributed by atoms with E-state index < -0.39 is 0 Å². The highest BCUT2D eigenvalue weighted by Crippen LogP contribution is 2.23. The molecule has 2 aromatic rings. The van der Waals surface area contributed by atoms with Crippen molar-refractivity contribution < 1.29 is 4.74 Å². The molecule has 15 heavy (non-hydrogen) atoms. The third-order valence-electron chi connectivity index (χ3n) is 2.08. The zero-order chi connectivity index (χ0) is 10.7. The number of hydrogen-bond acceptors (Lipinski definition) is 3. The number of thiazole rings is 1. The van der Waals surface area contributed by atoms with Crippen LogP contribution >= 0.6 is 22.9 Å². The Hall–Kier alpha value is -0.640. The molecular formula is C11H12ClNOS. The average Bonchev–Trinajstić information content (AvgIpc) is 2.59. The summed E-state index contributed by atoms with van der Waals surface area (Å²) in [6.45, 7) is 0.567. The minimum atomic E-state index is 0.00978. The fourth-order valence-corrected chi connectivity index (χ4v) is 2.85. The first-order chi connectivity index (χ1) is 7.29. The molecular weight excluding hydrogens is 230 g/mol. The molecule has 1 aromatic heterocycles. The molecule has 2 rings (SSSR count). The molecule has 0 aliphatic heterocycles. The number of hydrogen-bond donors (Lipinski definition) is 0. The largest absolute Gasteiger partial charge is 0.383 e. The molecule has 0 N–H and O–H groups in total. The summed E-state index contributed by atoms with van der Waals surface area (Å²) in [5.74, 6) is 0. The predicted octanol–water partition coefficient (Wildman–Crippen LogP) is 3.09. The van der Waals surface area contributed by atoms with Gasteiger partial charge in [0.1, 0.15) is 0 Å². The summed E-state index contributed by atoms with van der Waals surface area (Å²) < 4.78 is 6.21. The van der Waals surface area contributed by atoms with Crippen LogP contribution in [0.1, 0.15) is 5.01 Å². The van der Waals surface area contributed by atoms with Crippen LogP contribution in [0.5, 0.6) is 0 Å². The van der Waals surface area contributed by atoms with Gasteiger partial charge in [0.25, 0.3) is 0 Å². The number of benzene rings is 1. The van der Waals surface area contributed by atoms with E-state index in [1.165, 1.54) is 4.70 Å². The SMILES string of the molecule is COCC(Cl)Cc1nc2ccccc2s1. The van der Waals surface area contributed by atoms with Gasteiger partial charge in [0, 0.05) is 13.5 Å². The van der Waals surface area contributed by atoms with Crippen LogP contribution < -0.4 is 0 Å². The van der Waals surface area contributed by atoms with Crippen molar-refractivity contribution in [2.75, 3.05) is 13.7 Å². The van der Waals surface area contributed by atoms with Crippen LogP contribution in [-0.4, -0.2) is 24.1 Å². The molecule has 0 fully saturated rings. The molecule has 1 atom stereocenters. The predicted molar refractivity (Wildman–Crippen MR) is 64.8 cm³/mol. The molecule has 0 saturated carbocycles. The Balaban J connectivity index is 2.15. The van der Waals surface area contributed by atoms with E-state index in [0.717, 1.165) is 16.9 Å². The second kappa shape index (κ2) is 4.92. The minimum absolute atomic E-state index is 0.00978. The molecule has 1 unspecified atom stereocenters. The minimum Gasteiger partial charge on any atom is -0.383 e. The second-order valence-electron chi connectivity index (χ2n) is 3.33. The Bertz CT molecular complexity index is 410. The molecule has 0 bridgehead atoms. The van der Waals surface area contributed by atoms with Crippen LogP contribution in [0.2, 0.25) is 0 Å². The van der Waals surface area contributed by atoms with E-state index in [0.29, 0.717) is 6.61 Å². The van der Waals surface area contributed by atoms with E-state index in [1.54, 1.807) is 18.4 Å². The summed E-state index contributed by atoms with van der Waals surface area (Å²) in [5.41, 5.74) is 1.05. The number of fused-ring (bicyclic) bond motifs is 1. The van der Waals surface area contributed by atoms with Gasteiger partial charge in [-0.1, -0.05) is 12.1 Å². The third kappa shape index (κ3) is 2.68. The van der Waals surface area contributed by atoms with Gasteiger partial charge < -0.3 is 4.74 Å². The Kier molecular flexibility index (Phi) is 3.57. The second-order valence-corrected chi connectivity index (χ2v) is 5.06. The highest BCUT2D eigenvalue weighted by atomic mass is 35.5. The van der Waals surface area contributed by atoms with E-state index in [1.807, 2.05) is 18.2 Å². The summed E-state index contributed by atoms with van der Waals surface area (Å²) in [5, 5.41) is 1.09. The van der Waals surface area contributed by atoms with E-state index >= 15 is 0 Å². The molecule has 80 valence electrons. The molecule has 2 nitrogen and oxygen atoms in total. The molecule has 0 aliphatic carbocycles. The van der Waals surface area contributed by atoms with Gasteiger partial charge in [0.05, 0.1) is 27.2 Å². The van der Waals surface area contributed by atoms with Crippen LogP contribution in [0.15, 0.2) is 24.3 Å². The fraction of sp³-hybridized carbons (Fsp3) is 0.364. The zero-order valence-electron chi connectivity index (χ0n) is 8.44. The van der Waals surface area contributed by atoms with Crippen LogP contribution in [0, 0.1) is 0 Å². The van der Waals surface area contributed by atoms with Crippen molar-refractivity contribution in [3.63, 3.8) is 0 Å². The molecule has 0 saturated heterocycles. The Morgan fingerprint density at radius 1 is 1.47 bits per heavy atom. The summed E-state index contributed by atoms with van der Waals surface area (Å²) in [6, 6.07) is 8.13. The van der Waals surface area contributed by atoms with Crippen molar-refractivity contribution >= 4 is 33.2 Å². The van der Waals surface area contributed by atoms with Gasteiger partial charge in [-0.15, -0.1) is 22.9 Å². The Morgan fingerprint density at radius 2 is 2.27 bits per heavy atom. The fourth-order valence-electron chi connectivity index (χ4n) is 1.44. The van der Waals surface area contributed by atoms with Gasteiger partial charge >= 0.3 is 0 Å². The van der Waals surface area contributed by atoms with Crippen molar-refractivity contribution in [2.45, 2.75) is 11.8 Å². The van der Waals surface area contributed by atoms with Crippen LogP contribution in [0.3, 0.4) is 0 Å². The zero-order valence-corrected chi connectivity index (χ0v) is 10.0. The Labute approximate surface area is 97.8 Å². The van der Waals surface area contributed by atoms with Crippen LogP contribution in [0.25, 0.3) is 10.2 Å². The number of aromatic nitrogens is 1. The lowest BCUT2D eigenvalue weighted by Crippen LogP contribution is -2.10. The van der Waals surface area contributed by atoms with Crippen molar-refractivity contribution in [3.8, 4) is 0 Å². The van der Waals surface area contributed by atoms with E-state index in [9.17, 15) is 0 Å². The lowest BCUT2D eigenvalue weighted by atomic mass is 10.3. The van der Waals surface area contributed by atoms with Gasteiger partial charge in [0.2, 0.25) is 0 Å². The third-order valence-corrected chi connectivity index (χ3v) is 3.42. The van der Waals surface area contributed by atoms with Crippen molar-refractivity contribution in [1.82, 2.24) is 4.98 Å². The van der Waals surface area contributed by atoms with Crippen LogP contribution in [-0.2, 0) is 11.2 Å². The number of nitrogens with zero attached hydrogens (tertiary/aromatic N) is 1. The average molecular weight is 242 g/mol. The first-order valence-electron chi connectivity index (χ1n) is 4.77. The Morgan fingerprint density at radius 3 is 3.00 bits per heavy atom. The summed E-state index contributed by atoms with van der Waals surface area (Å²) in [6.07, 6.45) is 0.773. The molecule has 0 spiro atoms. The van der Waals surface area contributed by atoms with Crippen molar-refractivity contribution in [2.24, 2.45) is 0 Å². The molecule has 0 aliphatic rings. The highest BCUT2D eigenvalue weighted by Gasteiger charge is 2.09. The van der Waals surface area contributed by atoms with E-state index in [4.69, 9.17) is 16.3 Å². The number of rotatable bonds is 4. The molecule has 4 heteroatoms. The summed E-state index contributed by atoms with van der Waals surface area (Å²) >= 11 is 7.79. The lowest BCUT2D eigenvalue weighted by molar-refractivity contribution is 0.197. The maximum Gasteiger partial charge on any atom is 0.0954 e. The quantitative estimate of drug-likeness (QED) is 0.768. The van der Waals surface area contributed by atoms with Crippen molar-refractivity contribution in [1.29, 1.82) is 0 Å². The standard InChI is InChI=1S/C11H12ClNOS/c1-14-7-8(12)6-11-13-9-4-2-3-5-10(9)15-11/h2-5,8H,6-7H2,1H3.